The summed E-state index contributed by atoms with van der Waals surface area (Å²) >= 11 is 12.5. The molecule has 3 aromatic rings. The molecule has 1 aromatic heterocycles. The summed E-state index contributed by atoms with van der Waals surface area (Å²) in [5.74, 6) is 0.230. The first-order valence-electron chi connectivity index (χ1n) is 11.6. The Hall–Kier alpha value is -2.55. The predicted molar refractivity (Wildman–Crippen MR) is 141 cm³/mol. The molecule has 9 nitrogen and oxygen atoms in total. The van der Waals surface area contributed by atoms with Gasteiger partial charge in [0.15, 0.2) is 6.23 Å². The van der Waals surface area contributed by atoms with E-state index in [1.54, 1.807) is 55.5 Å². The fourth-order valence-corrected chi connectivity index (χ4v) is 6.41. The summed E-state index contributed by atoms with van der Waals surface area (Å²) in [6, 6.07) is 13.3. The number of aromatic nitrogens is 2. The largest absolute Gasteiger partial charge is 0.430 e. The molecule has 0 bridgehead atoms. The van der Waals surface area contributed by atoms with Gasteiger partial charge in [-0.05, 0) is 37.6 Å². The van der Waals surface area contributed by atoms with Crippen LogP contribution in [0.3, 0.4) is 0 Å². The van der Waals surface area contributed by atoms with Gasteiger partial charge in [0.1, 0.15) is 17.6 Å². The van der Waals surface area contributed by atoms with E-state index in [1.165, 1.54) is 17.9 Å². The Labute approximate surface area is 223 Å². The Kier molecular flexibility index (Phi) is 8.51. The second kappa shape index (κ2) is 11.5. The number of benzene rings is 2. The number of aryl methyl sites for hydroxylation is 1. The first-order chi connectivity index (χ1) is 17.6. The van der Waals surface area contributed by atoms with Crippen molar-refractivity contribution in [3.05, 3.63) is 91.2 Å². The minimum atomic E-state index is -3.85. The number of para-hydroxylation sites is 2. The number of halogens is 2. The number of methoxy groups -OCH3 is 1. The second-order valence-electron chi connectivity index (χ2n) is 8.77. The van der Waals surface area contributed by atoms with Crippen LogP contribution in [-0.2, 0) is 14.0 Å². The SMILES string of the molecule is CO[C@@H]1[C@H](C)[C@@H](CCP(=O)(Oc2ccccc2Cl)Oc2ccccc2Cl)O[C@H]1n1cc(C)c(=O)[nH]c1=O. The molecular formula is C25H27Cl2N2O7P. The molecule has 0 amide bonds. The number of nitrogens with one attached hydrogen (secondary N) is 1. The average molecular weight is 569 g/mol. The summed E-state index contributed by atoms with van der Waals surface area (Å²) in [5.41, 5.74) is -0.711. The van der Waals surface area contributed by atoms with Crippen molar-refractivity contribution < 1.29 is 23.1 Å². The third-order valence-electron chi connectivity index (χ3n) is 6.23. The van der Waals surface area contributed by atoms with Crippen molar-refractivity contribution >= 4 is 30.8 Å². The van der Waals surface area contributed by atoms with Crippen LogP contribution in [0.5, 0.6) is 11.5 Å². The van der Waals surface area contributed by atoms with Gasteiger partial charge >= 0.3 is 13.3 Å². The van der Waals surface area contributed by atoms with Crippen LogP contribution in [0, 0.1) is 12.8 Å². The van der Waals surface area contributed by atoms with E-state index in [-0.39, 0.29) is 40.0 Å². The summed E-state index contributed by atoms with van der Waals surface area (Å²) in [6.45, 7) is 3.51. The van der Waals surface area contributed by atoms with Crippen molar-refractivity contribution in [2.75, 3.05) is 13.3 Å². The van der Waals surface area contributed by atoms with E-state index < -0.39 is 37.3 Å². The molecule has 0 aliphatic carbocycles. The maximum atomic E-state index is 14.0. The maximum absolute atomic E-state index is 14.0. The molecule has 1 fully saturated rings. The first kappa shape index (κ1) is 27.5. The lowest BCUT2D eigenvalue weighted by molar-refractivity contribution is -0.0531. The molecule has 12 heteroatoms. The number of hydrogen-bond donors (Lipinski definition) is 1. The Morgan fingerprint density at radius 1 is 1.03 bits per heavy atom. The smallest absolute Gasteiger partial charge is 0.414 e. The fraction of sp³-hybridized carbons (Fsp3) is 0.360. The van der Waals surface area contributed by atoms with Crippen LogP contribution >= 0.6 is 30.8 Å². The molecule has 0 spiro atoms. The standard InChI is InChI=1S/C25H27Cl2N2O7P/c1-15-14-29(25(31)28-23(15)30)24-22(33-3)16(2)19(34-24)12-13-37(32,35-20-10-6-4-8-17(20)26)36-21-11-7-5-9-18(21)27/h4-11,14,16,19,22,24H,12-13H2,1-3H3,(H,28,30,31)/t16-,19-,22-,24-/m1/s1. The van der Waals surface area contributed by atoms with Crippen molar-refractivity contribution in [1.29, 1.82) is 0 Å². The normalized spacial score (nSPS) is 21.6. The van der Waals surface area contributed by atoms with E-state index in [2.05, 4.69) is 4.98 Å². The van der Waals surface area contributed by atoms with Crippen molar-refractivity contribution in [2.24, 2.45) is 5.92 Å². The van der Waals surface area contributed by atoms with Gasteiger partial charge < -0.3 is 18.5 Å². The Morgan fingerprint density at radius 2 is 1.59 bits per heavy atom. The van der Waals surface area contributed by atoms with Crippen molar-refractivity contribution in [2.45, 2.75) is 38.7 Å². The lowest BCUT2D eigenvalue weighted by Gasteiger charge is -2.23. The fourth-order valence-electron chi connectivity index (χ4n) is 4.25. The molecule has 0 saturated carbocycles. The summed E-state index contributed by atoms with van der Waals surface area (Å²) in [4.78, 5) is 26.6. The molecule has 1 saturated heterocycles. The molecular weight excluding hydrogens is 542 g/mol. The minimum Gasteiger partial charge on any atom is -0.414 e. The van der Waals surface area contributed by atoms with Gasteiger partial charge in [0.05, 0.1) is 22.3 Å². The quantitative estimate of drug-likeness (QED) is 0.342. The molecule has 1 aliphatic rings. The third-order valence-corrected chi connectivity index (χ3v) is 8.61. The zero-order valence-corrected chi connectivity index (χ0v) is 22.8. The van der Waals surface area contributed by atoms with Crippen molar-refractivity contribution in [1.82, 2.24) is 9.55 Å². The molecule has 4 atom stereocenters. The number of rotatable bonds is 9. The highest BCUT2D eigenvalue weighted by Crippen LogP contribution is 2.52. The van der Waals surface area contributed by atoms with Gasteiger partial charge in [0, 0.05) is 24.8 Å². The molecule has 198 valence electrons. The highest BCUT2D eigenvalue weighted by Gasteiger charge is 2.45. The van der Waals surface area contributed by atoms with E-state index in [0.717, 1.165) is 0 Å². The number of ether oxygens (including phenoxy) is 2. The predicted octanol–water partition coefficient (Wildman–Crippen LogP) is 5.44. The van der Waals surface area contributed by atoms with Gasteiger partial charge in [-0.1, -0.05) is 54.4 Å². The van der Waals surface area contributed by atoms with Crippen molar-refractivity contribution in [3.8, 4) is 11.5 Å². The zero-order chi connectivity index (χ0) is 26.7. The van der Waals surface area contributed by atoms with Gasteiger partial charge in [0.25, 0.3) is 5.56 Å². The minimum absolute atomic E-state index is 0.0405. The number of aromatic amines is 1. The summed E-state index contributed by atoms with van der Waals surface area (Å²) in [6.07, 6.45) is -0.101. The van der Waals surface area contributed by atoms with Crippen LogP contribution in [0.15, 0.2) is 64.3 Å². The first-order valence-corrected chi connectivity index (χ1v) is 14.1. The molecule has 2 aromatic carbocycles. The monoisotopic (exact) mass is 568 g/mol. The van der Waals surface area contributed by atoms with E-state index >= 15 is 0 Å². The van der Waals surface area contributed by atoms with Crippen LogP contribution < -0.4 is 20.3 Å². The van der Waals surface area contributed by atoms with Crippen LogP contribution in [-0.4, -0.2) is 35.0 Å². The van der Waals surface area contributed by atoms with Gasteiger partial charge in [-0.2, -0.15) is 0 Å². The highest BCUT2D eigenvalue weighted by molar-refractivity contribution is 7.54. The van der Waals surface area contributed by atoms with Crippen LogP contribution in [0.4, 0.5) is 0 Å². The molecule has 1 N–H and O–H groups in total. The Balaban J connectivity index is 1.59. The summed E-state index contributed by atoms with van der Waals surface area (Å²) < 4.78 is 38.9. The van der Waals surface area contributed by atoms with Crippen LogP contribution in [0.1, 0.15) is 25.1 Å². The Bertz CT molecular complexity index is 1370. The van der Waals surface area contributed by atoms with Gasteiger partial charge in [-0.3, -0.25) is 14.3 Å². The number of hydrogen-bond acceptors (Lipinski definition) is 7. The topological polar surface area (TPSA) is 109 Å². The summed E-state index contributed by atoms with van der Waals surface area (Å²) in [5, 5.41) is 0.562. The number of nitrogens with zero attached hydrogens (tertiary/aromatic N) is 1. The third kappa shape index (κ3) is 6.13. The lowest BCUT2D eigenvalue weighted by atomic mass is 9.98. The number of H-pyrrole nitrogens is 1. The molecule has 4 rings (SSSR count). The van der Waals surface area contributed by atoms with Crippen molar-refractivity contribution in [3.63, 3.8) is 0 Å². The molecule has 1 aliphatic heterocycles. The second-order valence-corrected chi connectivity index (χ2v) is 11.6. The molecule has 0 radical (unpaired) electrons. The maximum Gasteiger partial charge on any atom is 0.430 e. The van der Waals surface area contributed by atoms with Crippen LogP contribution in [0.2, 0.25) is 10.0 Å². The Morgan fingerprint density at radius 3 is 2.14 bits per heavy atom. The van der Waals surface area contributed by atoms with E-state index in [1.807, 2.05) is 6.92 Å². The molecule has 2 heterocycles. The average Bonchev–Trinajstić information content (AvgIpc) is 3.18. The van der Waals surface area contributed by atoms with Gasteiger partial charge in [0.2, 0.25) is 0 Å². The van der Waals surface area contributed by atoms with E-state index in [4.69, 9.17) is 41.7 Å². The van der Waals surface area contributed by atoms with E-state index in [0.29, 0.717) is 5.56 Å². The van der Waals surface area contributed by atoms with Gasteiger partial charge in [-0.15, -0.1) is 0 Å². The zero-order valence-electron chi connectivity index (χ0n) is 20.4. The highest BCUT2D eigenvalue weighted by atomic mass is 35.5. The molecule has 0 unspecified atom stereocenters. The van der Waals surface area contributed by atoms with Gasteiger partial charge in [-0.25, -0.2) is 9.36 Å². The molecule has 37 heavy (non-hydrogen) atoms. The van der Waals surface area contributed by atoms with E-state index in [9.17, 15) is 14.2 Å². The summed E-state index contributed by atoms with van der Waals surface area (Å²) in [7, 11) is -2.32. The lowest BCUT2D eigenvalue weighted by Crippen LogP contribution is -2.37. The van der Waals surface area contributed by atoms with Crippen LogP contribution in [0.25, 0.3) is 0 Å².